The third-order valence-electron chi connectivity index (χ3n) is 3.57. The normalized spacial score (nSPS) is 14.3. The molecule has 0 saturated heterocycles. The van der Waals surface area contributed by atoms with Gasteiger partial charge in [-0.15, -0.1) is 0 Å². The molecule has 0 aliphatic carbocycles. The van der Waals surface area contributed by atoms with E-state index in [1.807, 2.05) is 0 Å². The molecule has 1 unspecified atom stereocenters. The summed E-state index contributed by atoms with van der Waals surface area (Å²) in [5, 5.41) is 0. The Labute approximate surface area is 107 Å². The summed E-state index contributed by atoms with van der Waals surface area (Å²) < 4.78 is 5.42. The van der Waals surface area contributed by atoms with E-state index in [2.05, 4.69) is 38.0 Å². The average Bonchev–Trinajstić information content (AvgIpc) is 2.34. The minimum Gasteiger partial charge on any atom is -0.379 e. The third kappa shape index (κ3) is 7.71. The van der Waals surface area contributed by atoms with Gasteiger partial charge >= 0.3 is 0 Å². The van der Waals surface area contributed by atoms with E-state index in [-0.39, 0.29) is 5.60 Å². The van der Waals surface area contributed by atoms with E-state index in [9.17, 15) is 0 Å². The highest BCUT2D eigenvalue weighted by Gasteiger charge is 2.18. The van der Waals surface area contributed by atoms with Crippen LogP contribution in [0.15, 0.2) is 0 Å². The van der Waals surface area contributed by atoms with E-state index in [0.29, 0.717) is 6.04 Å². The number of hydrazine groups is 1. The van der Waals surface area contributed by atoms with Crippen LogP contribution in [-0.4, -0.2) is 43.3 Å². The van der Waals surface area contributed by atoms with Gasteiger partial charge in [0.15, 0.2) is 0 Å². The Morgan fingerprint density at radius 1 is 1.24 bits per heavy atom. The fourth-order valence-electron chi connectivity index (χ4n) is 1.81. The van der Waals surface area contributed by atoms with Crippen LogP contribution in [0.2, 0.25) is 0 Å². The molecule has 1 atom stereocenters. The van der Waals surface area contributed by atoms with Crippen LogP contribution in [0.3, 0.4) is 0 Å². The number of nitrogens with zero attached hydrogens (tertiary/aromatic N) is 1. The highest BCUT2D eigenvalue weighted by Crippen LogP contribution is 2.17. The number of hydrogen-bond acceptors (Lipinski definition) is 4. The molecule has 0 aliphatic rings. The van der Waals surface area contributed by atoms with Crippen molar-refractivity contribution in [3.63, 3.8) is 0 Å². The van der Waals surface area contributed by atoms with E-state index >= 15 is 0 Å². The number of nitrogens with two attached hydrogens (primary N) is 1. The quantitative estimate of drug-likeness (QED) is 0.455. The Balaban J connectivity index is 3.91. The Hall–Kier alpha value is -0.160. The number of rotatable bonds is 10. The van der Waals surface area contributed by atoms with Crippen molar-refractivity contribution in [1.29, 1.82) is 0 Å². The van der Waals surface area contributed by atoms with Crippen LogP contribution in [0.5, 0.6) is 0 Å². The summed E-state index contributed by atoms with van der Waals surface area (Å²) in [7, 11) is 1.76. The molecular weight excluding hydrogens is 214 g/mol. The van der Waals surface area contributed by atoms with Gasteiger partial charge < -0.3 is 9.64 Å². The van der Waals surface area contributed by atoms with E-state index in [0.717, 1.165) is 38.9 Å². The van der Waals surface area contributed by atoms with E-state index in [1.54, 1.807) is 7.11 Å². The SMILES string of the molecule is CCN(CC)CCC(CCC(C)(C)OC)NN. The predicted octanol–water partition coefficient (Wildman–Crippen LogP) is 1.76. The maximum atomic E-state index is 5.60. The molecule has 0 amide bonds. The Morgan fingerprint density at radius 2 is 1.82 bits per heavy atom. The van der Waals surface area contributed by atoms with Gasteiger partial charge in [-0.1, -0.05) is 13.8 Å². The Morgan fingerprint density at radius 3 is 2.24 bits per heavy atom. The molecule has 0 radical (unpaired) electrons. The second-order valence-corrected chi connectivity index (χ2v) is 5.18. The first-order valence-electron chi connectivity index (χ1n) is 6.72. The van der Waals surface area contributed by atoms with Gasteiger partial charge in [-0.3, -0.25) is 11.3 Å². The zero-order valence-corrected chi connectivity index (χ0v) is 12.3. The molecule has 0 aromatic carbocycles. The summed E-state index contributed by atoms with van der Waals surface area (Å²) in [6.45, 7) is 11.9. The van der Waals surface area contributed by atoms with Gasteiger partial charge in [0.1, 0.15) is 0 Å². The molecule has 0 heterocycles. The van der Waals surface area contributed by atoms with Crippen LogP contribution in [0.4, 0.5) is 0 Å². The van der Waals surface area contributed by atoms with Crippen molar-refractivity contribution in [3.05, 3.63) is 0 Å². The number of ether oxygens (including phenoxy) is 1. The molecule has 0 fully saturated rings. The van der Waals surface area contributed by atoms with Crippen LogP contribution in [-0.2, 0) is 4.74 Å². The lowest BCUT2D eigenvalue weighted by Crippen LogP contribution is -2.39. The first-order valence-corrected chi connectivity index (χ1v) is 6.72. The lowest BCUT2D eigenvalue weighted by molar-refractivity contribution is 0.0113. The molecule has 0 aromatic heterocycles. The number of nitrogens with one attached hydrogen (secondary N) is 1. The molecular formula is C13H31N3O. The standard InChI is InChI=1S/C13H31N3O/c1-6-16(7-2)11-9-12(15-14)8-10-13(3,4)17-5/h12,15H,6-11,14H2,1-5H3. The van der Waals surface area contributed by atoms with Gasteiger partial charge in [-0.25, -0.2) is 0 Å². The van der Waals surface area contributed by atoms with Gasteiger partial charge in [-0.2, -0.15) is 0 Å². The second kappa shape index (κ2) is 8.86. The summed E-state index contributed by atoms with van der Waals surface area (Å²) in [6, 6.07) is 0.380. The minimum atomic E-state index is -0.0513. The molecule has 4 heteroatoms. The first kappa shape index (κ1) is 16.8. The van der Waals surface area contributed by atoms with Crippen molar-refractivity contribution in [2.24, 2.45) is 5.84 Å². The van der Waals surface area contributed by atoms with Crippen molar-refractivity contribution in [2.45, 2.75) is 58.6 Å². The van der Waals surface area contributed by atoms with Crippen molar-refractivity contribution in [1.82, 2.24) is 10.3 Å². The highest BCUT2D eigenvalue weighted by atomic mass is 16.5. The fourth-order valence-corrected chi connectivity index (χ4v) is 1.81. The molecule has 0 bridgehead atoms. The highest BCUT2D eigenvalue weighted by molar-refractivity contribution is 4.74. The molecule has 0 aliphatic heterocycles. The van der Waals surface area contributed by atoms with Gasteiger partial charge in [0.05, 0.1) is 5.60 Å². The molecule has 0 saturated carbocycles. The van der Waals surface area contributed by atoms with Gasteiger partial charge in [0.2, 0.25) is 0 Å². The van der Waals surface area contributed by atoms with Gasteiger partial charge in [-0.05, 0) is 52.7 Å². The lowest BCUT2D eigenvalue weighted by atomic mass is 9.97. The molecule has 3 N–H and O–H groups in total. The van der Waals surface area contributed by atoms with E-state index in [1.165, 1.54) is 0 Å². The Bertz CT molecular complexity index is 182. The van der Waals surface area contributed by atoms with Crippen LogP contribution in [0, 0.1) is 0 Å². The largest absolute Gasteiger partial charge is 0.379 e. The number of methoxy groups -OCH3 is 1. The lowest BCUT2D eigenvalue weighted by Gasteiger charge is -2.27. The molecule has 0 rings (SSSR count). The average molecular weight is 245 g/mol. The van der Waals surface area contributed by atoms with Gasteiger partial charge in [0, 0.05) is 13.2 Å². The smallest absolute Gasteiger partial charge is 0.0623 e. The molecule has 0 spiro atoms. The molecule has 4 nitrogen and oxygen atoms in total. The van der Waals surface area contributed by atoms with Crippen LogP contribution >= 0.6 is 0 Å². The van der Waals surface area contributed by atoms with Crippen molar-refractivity contribution in [2.75, 3.05) is 26.7 Å². The summed E-state index contributed by atoms with van der Waals surface area (Å²) in [4.78, 5) is 2.42. The molecule has 0 aromatic rings. The summed E-state index contributed by atoms with van der Waals surface area (Å²) in [5.74, 6) is 5.60. The molecule has 104 valence electrons. The first-order chi connectivity index (χ1) is 7.99. The van der Waals surface area contributed by atoms with Crippen molar-refractivity contribution in [3.8, 4) is 0 Å². The van der Waals surface area contributed by atoms with Gasteiger partial charge in [0.25, 0.3) is 0 Å². The summed E-state index contributed by atoms with van der Waals surface area (Å²) >= 11 is 0. The third-order valence-corrected chi connectivity index (χ3v) is 3.57. The topological polar surface area (TPSA) is 50.5 Å². The number of hydrogen-bond donors (Lipinski definition) is 2. The van der Waals surface area contributed by atoms with Crippen molar-refractivity contribution < 1.29 is 4.74 Å². The monoisotopic (exact) mass is 245 g/mol. The Kier molecular flexibility index (Phi) is 8.78. The predicted molar refractivity (Wildman–Crippen MR) is 73.8 cm³/mol. The molecule has 17 heavy (non-hydrogen) atoms. The summed E-state index contributed by atoms with van der Waals surface area (Å²) in [5.41, 5.74) is 2.87. The van der Waals surface area contributed by atoms with Crippen LogP contribution in [0.1, 0.15) is 47.0 Å². The van der Waals surface area contributed by atoms with E-state index in [4.69, 9.17) is 10.6 Å². The maximum Gasteiger partial charge on any atom is 0.0623 e. The minimum absolute atomic E-state index is 0.0513. The van der Waals surface area contributed by atoms with Crippen LogP contribution < -0.4 is 11.3 Å². The van der Waals surface area contributed by atoms with Crippen LogP contribution in [0.25, 0.3) is 0 Å². The second-order valence-electron chi connectivity index (χ2n) is 5.18. The summed E-state index contributed by atoms with van der Waals surface area (Å²) in [6.07, 6.45) is 3.17. The maximum absolute atomic E-state index is 5.60. The zero-order chi connectivity index (χ0) is 13.3. The zero-order valence-electron chi connectivity index (χ0n) is 12.3. The van der Waals surface area contributed by atoms with E-state index < -0.39 is 0 Å². The van der Waals surface area contributed by atoms with Crippen molar-refractivity contribution >= 4 is 0 Å². The fraction of sp³-hybridized carbons (Fsp3) is 1.00.